The summed E-state index contributed by atoms with van der Waals surface area (Å²) in [5.74, 6) is -1.71. The summed E-state index contributed by atoms with van der Waals surface area (Å²) in [5, 5.41) is 0.600. The summed E-state index contributed by atoms with van der Waals surface area (Å²) in [6, 6.07) is 6.44. The second-order valence-corrected chi connectivity index (χ2v) is 9.58. The molecule has 0 atom stereocenters. The number of ether oxygens (including phenoxy) is 1. The molecule has 3 amide bonds. The lowest BCUT2D eigenvalue weighted by Crippen LogP contribution is -2.52. The highest BCUT2D eigenvalue weighted by Crippen LogP contribution is 2.52. The van der Waals surface area contributed by atoms with E-state index in [1.54, 1.807) is 29.2 Å². The minimum Gasteiger partial charge on any atom is -0.444 e. The average Bonchev–Trinajstić information content (AvgIpc) is 2.92. The first-order valence-corrected chi connectivity index (χ1v) is 10.8. The zero-order chi connectivity index (χ0) is 22.4. The van der Waals surface area contributed by atoms with Crippen LogP contribution >= 0.6 is 0 Å². The van der Waals surface area contributed by atoms with Gasteiger partial charge < -0.3 is 14.5 Å². The van der Waals surface area contributed by atoms with Crippen LogP contribution in [-0.4, -0.2) is 52.5 Å². The molecule has 0 radical (unpaired) electrons. The molecule has 166 valence electrons. The van der Waals surface area contributed by atoms with Gasteiger partial charge in [0.1, 0.15) is 5.60 Å². The lowest BCUT2D eigenvalue weighted by atomic mass is 9.58. The van der Waals surface area contributed by atoms with Crippen LogP contribution in [0.1, 0.15) is 73.6 Å². The normalized spacial score (nSPS) is 20.9. The number of carbonyl (C=O) groups excluding carboxylic acids is 4. The Morgan fingerprint density at radius 1 is 1.00 bits per heavy atom. The standard InChI is InChI=1S/C23H28N2O6/c1-22(2,3)30-21(29)24-13-9-15(10-14-24)23(11-6-12-23)20(28)31-25-18(26)16-7-4-5-8-17(16)19(25)27/h4-5,7-8,15H,6,9-14H2,1-3H3. The van der Waals surface area contributed by atoms with Crippen molar-refractivity contribution in [2.24, 2.45) is 11.3 Å². The predicted octanol–water partition coefficient (Wildman–Crippen LogP) is 3.56. The molecule has 1 saturated heterocycles. The van der Waals surface area contributed by atoms with Gasteiger partial charge in [-0.2, -0.15) is 0 Å². The van der Waals surface area contributed by atoms with Gasteiger partial charge in [-0.05, 0) is 64.5 Å². The number of piperidine rings is 1. The van der Waals surface area contributed by atoms with E-state index in [1.807, 2.05) is 20.8 Å². The van der Waals surface area contributed by atoms with Crippen LogP contribution < -0.4 is 0 Å². The highest BCUT2D eigenvalue weighted by molar-refractivity contribution is 6.20. The van der Waals surface area contributed by atoms with Crippen molar-refractivity contribution in [3.8, 4) is 0 Å². The number of benzene rings is 1. The van der Waals surface area contributed by atoms with Crippen LogP contribution in [0.25, 0.3) is 0 Å². The van der Waals surface area contributed by atoms with Gasteiger partial charge in [0.25, 0.3) is 11.8 Å². The summed E-state index contributed by atoms with van der Waals surface area (Å²) in [7, 11) is 0. The molecule has 0 aromatic heterocycles. The van der Waals surface area contributed by atoms with E-state index >= 15 is 0 Å². The number of rotatable bonds is 3. The van der Waals surface area contributed by atoms with E-state index in [1.165, 1.54) is 0 Å². The van der Waals surface area contributed by atoms with E-state index in [4.69, 9.17) is 9.57 Å². The molecule has 4 rings (SSSR count). The molecule has 0 unspecified atom stereocenters. The van der Waals surface area contributed by atoms with E-state index in [0.29, 0.717) is 43.8 Å². The molecular formula is C23H28N2O6. The molecule has 2 aliphatic heterocycles. The molecule has 1 aromatic rings. The fourth-order valence-corrected chi connectivity index (χ4v) is 4.70. The number of fused-ring (bicyclic) bond motifs is 1. The Balaban J connectivity index is 1.41. The first-order valence-electron chi connectivity index (χ1n) is 10.8. The minimum atomic E-state index is -0.713. The van der Waals surface area contributed by atoms with Gasteiger partial charge in [-0.15, -0.1) is 0 Å². The van der Waals surface area contributed by atoms with Gasteiger partial charge in [0.15, 0.2) is 0 Å². The Kier molecular flexibility index (Phi) is 5.27. The molecule has 3 aliphatic rings. The van der Waals surface area contributed by atoms with E-state index in [-0.39, 0.29) is 23.1 Å². The number of likely N-dealkylation sites (tertiary alicyclic amines) is 1. The van der Waals surface area contributed by atoms with E-state index in [9.17, 15) is 19.2 Å². The first kappa shape index (κ1) is 21.3. The van der Waals surface area contributed by atoms with Crippen molar-refractivity contribution in [2.45, 2.75) is 58.5 Å². The molecule has 0 N–H and O–H groups in total. The number of imide groups is 1. The first-order chi connectivity index (χ1) is 14.6. The zero-order valence-electron chi connectivity index (χ0n) is 18.2. The van der Waals surface area contributed by atoms with E-state index in [0.717, 1.165) is 6.42 Å². The van der Waals surface area contributed by atoms with Crippen LogP contribution in [0.4, 0.5) is 4.79 Å². The number of hydroxylamine groups is 2. The van der Waals surface area contributed by atoms with Crippen LogP contribution in [0, 0.1) is 11.3 Å². The molecule has 0 bridgehead atoms. The maximum absolute atomic E-state index is 13.2. The van der Waals surface area contributed by atoms with Gasteiger partial charge >= 0.3 is 12.1 Å². The smallest absolute Gasteiger partial charge is 0.410 e. The van der Waals surface area contributed by atoms with Crippen LogP contribution in [0.3, 0.4) is 0 Å². The summed E-state index contributed by atoms with van der Waals surface area (Å²) in [6.07, 6.45) is 3.16. The maximum atomic E-state index is 13.2. The SMILES string of the molecule is CC(C)(C)OC(=O)N1CCC(C2(C(=O)ON3C(=O)c4ccccc4C3=O)CCC2)CC1. The summed E-state index contributed by atoms with van der Waals surface area (Å²) in [4.78, 5) is 57.7. The topological polar surface area (TPSA) is 93.2 Å². The average molecular weight is 428 g/mol. The molecule has 2 fully saturated rings. The van der Waals surface area contributed by atoms with Crippen molar-refractivity contribution in [1.82, 2.24) is 9.96 Å². The van der Waals surface area contributed by atoms with E-state index < -0.39 is 28.8 Å². The second kappa shape index (κ2) is 7.66. The molecule has 1 aromatic carbocycles. The molecule has 8 heteroatoms. The zero-order valence-corrected chi connectivity index (χ0v) is 18.2. The molecule has 1 aliphatic carbocycles. The predicted molar refractivity (Wildman–Crippen MR) is 110 cm³/mol. The van der Waals surface area contributed by atoms with Crippen LogP contribution in [-0.2, 0) is 14.4 Å². The third-order valence-electron chi connectivity index (χ3n) is 6.51. The Morgan fingerprint density at radius 2 is 1.55 bits per heavy atom. The molecule has 1 saturated carbocycles. The number of carbonyl (C=O) groups is 4. The van der Waals surface area contributed by atoms with Crippen LogP contribution in [0.15, 0.2) is 24.3 Å². The summed E-state index contributed by atoms with van der Waals surface area (Å²) < 4.78 is 5.44. The minimum absolute atomic E-state index is 0.0302. The van der Waals surface area contributed by atoms with Crippen molar-refractivity contribution in [3.05, 3.63) is 35.4 Å². The van der Waals surface area contributed by atoms with Crippen molar-refractivity contribution >= 4 is 23.9 Å². The lowest BCUT2D eigenvalue weighted by molar-refractivity contribution is -0.193. The molecular weight excluding hydrogens is 400 g/mol. The van der Waals surface area contributed by atoms with Crippen molar-refractivity contribution in [1.29, 1.82) is 0 Å². The summed E-state index contributed by atoms with van der Waals surface area (Å²) in [5.41, 5.74) is -0.781. The van der Waals surface area contributed by atoms with Gasteiger partial charge in [-0.1, -0.05) is 23.6 Å². The maximum Gasteiger partial charge on any atom is 0.410 e. The second-order valence-electron chi connectivity index (χ2n) is 9.58. The third-order valence-corrected chi connectivity index (χ3v) is 6.51. The fourth-order valence-electron chi connectivity index (χ4n) is 4.70. The molecule has 0 spiro atoms. The largest absolute Gasteiger partial charge is 0.444 e. The van der Waals surface area contributed by atoms with Crippen molar-refractivity contribution < 1.29 is 28.8 Å². The number of nitrogens with zero attached hydrogens (tertiary/aromatic N) is 2. The van der Waals surface area contributed by atoms with Crippen LogP contribution in [0.5, 0.6) is 0 Å². The quantitative estimate of drug-likeness (QED) is 0.684. The fraction of sp³-hybridized carbons (Fsp3) is 0.565. The number of hydrogen-bond donors (Lipinski definition) is 0. The summed E-state index contributed by atoms with van der Waals surface area (Å²) in [6.45, 7) is 6.49. The monoisotopic (exact) mass is 428 g/mol. The number of hydrogen-bond acceptors (Lipinski definition) is 6. The number of amides is 3. The Labute approximate surface area is 181 Å². The van der Waals surface area contributed by atoms with E-state index in [2.05, 4.69) is 0 Å². The lowest BCUT2D eigenvalue weighted by Gasteiger charge is -2.48. The Hall–Kier alpha value is -2.90. The molecule has 31 heavy (non-hydrogen) atoms. The van der Waals surface area contributed by atoms with Crippen LogP contribution in [0.2, 0.25) is 0 Å². The third kappa shape index (κ3) is 3.79. The summed E-state index contributed by atoms with van der Waals surface area (Å²) >= 11 is 0. The highest BCUT2D eigenvalue weighted by Gasteiger charge is 2.54. The highest BCUT2D eigenvalue weighted by atomic mass is 16.7. The van der Waals surface area contributed by atoms with Gasteiger partial charge in [0.05, 0.1) is 16.5 Å². The molecule has 8 nitrogen and oxygen atoms in total. The van der Waals surface area contributed by atoms with Crippen molar-refractivity contribution in [3.63, 3.8) is 0 Å². The van der Waals surface area contributed by atoms with Gasteiger partial charge in [0, 0.05) is 13.1 Å². The molecule has 2 heterocycles. The Morgan fingerprint density at radius 3 is 2.00 bits per heavy atom. The Bertz CT molecular complexity index is 887. The van der Waals surface area contributed by atoms with Gasteiger partial charge in [-0.25, -0.2) is 9.59 Å². The van der Waals surface area contributed by atoms with Gasteiger partial charge in [-0.3, -0.25) is 9.59 Å². The van der Waals surface area contributed by atoms with Crippen molar-refractivity contribution in [2.75, 3.05) is 13.1 Å². The van der Waals surface area contributed by atoms with Gasteiger partial charge in [0.2, 0.25) is 0 Å².